The number of hydrogen-bond acceptors (Lipinski definition) is 3. The van der Waals surface area contributed by atoms with Gasteiger partial charge in [0.1, 0.15) is 5.82 Å². The van der Waals surface area contributed by atoms with Gasteiger partial charge in [0.05, 0.1) is 6.04 Å². The maximum Gasteiger partial charge on any atom is 0.129 e. The van der Waals surface area contributed by atoms with Crippen LogP contribution in [0.15, 0.2) is 30.9 Å². The van der Waals surface area contributed by atoms with E-state index in [-0.39, 0.29) is 6.04 Å². The van der Waals surface area contributed by atoms with Gasteiger partial charge in [0.15, 0.2) is 0 Å². The summed E-state index contributed by atoms with van der Waals surface area (Å²) in [5.41, 5.74) is 8.31. The fourth-order valence-electron chi connectivity index (χ4n) is 1.65. The van der Waals surface area contributed by atoms with Crippen LogP contribution in [0, 0.1) is 6.92 Å². The van der Waals surface area contributed by atoms with Crippen LogP contribution in [0.5, 0.6) is 0 Å². The average molecular weight is 202 g/mol. The number of rotatable bonds is 2. The van der Waals surface area contributed by atoms with Crippen molar-refractivity contribution in [2.75, 3.05) is 0 Å². The third-order valence-electron chi connectivity index (χ3n) is 2.54. The summed E-state index contributed by atoms with van der Waals surface area (Å²) in [6, 6.07) is 1.75. The molecule has 0 radical (unpaired) electrons. The van der Waals surface area contributed by atoms with Gasteiger partial charge >= 0.3 is 0 Å². The van der Waals surface area contributed by atoms with Crippen molar-refractivity contribution in [2.45, 2.75) is 13.0 Å². The second-order valence-corrected chi connectivity index (χ2v) is 3.61. The van der Waals surface area contributed by atoms with E-state index in [2.05, 4.69) is 9.97 Å². The van der Waals surface area contributed by atoms with Crippen molar-refractivity contribution >= 4 is 0 Å². The van der Waals surface area contributed by atoms with Crippen molar-refractivity contribution in [3.8, 4) is 0 Å². The van der Waals surface area contributed by atoms with E-state index in [1.165, 1.54) is 0 Å². The Bertz CT molecular complexity index is 461. The van der Waals surface area contributed by atoms with Gasteiger partial charge in [-0.15, -0.1) is 0 Å². The average Bonchev–Trinajstić information content (AvgIpc) is 2.64. The monoisotopic (exact) mass is 202 g/mol. The molecule has 4 heteroatoms. The summed E-state index contributed by atoms with van der Waals surface area (Å²) in [7, 11) is 1.94. The van der Waals surface area contributed by atoms with E-state index in [0.29, 0.717) is 0 Å². The molecular weight excluding hydrogens is 188 g/mol. The van der Waals surface area contributed by atoms with Gasteiger partial charge in [-0.3, -0.25) is 4.98 Å². The molecule has 0 spiro atoms. The summed E-state index contributed by atoms with van der Waals surface area (Å²) in [5, 5.41) is 0. The van der Waals surface area contributed by atoms with Gasteiger partial charge in [0.25, 0.3) is 0 Å². The van der Waals surface area contributed by atoms with Crippen LogP contribution < -0.4 is 5.73 Å². The van der Waals surface area contributed by atoms with E-state index in [4.69, 9.17) is 5.73 Å². The Labute approximate surface area is 88.8 Å². The van der Waals surface area contributed by atoms with Crippen molar-refractivity contribution in [1.82, 2.24) is 14.5 Å². The number of aromatic nitrogens is 3. The van der Waals surface area contributed by atoms with Gasteiger partial charge in [-0.05, 0) is 24.1 Å². The molecule has 2 N–H and O–H groups in total. The summed E-state index contributed by atoms with van der Waals surface area (Å²) in [6.07, 6.45) is 7.22. The largest absolute Gasteiger partial charge is 0.336 e. The van der Waals surface area contributed by atoms with E-state index in [0.717, 1.165) is 17.0 Å². The summed E-state index contributed by atoms with van der Waals surface area (Å²) in [5.74, 6) is 0.865. The first-order valence-electron chi connectivity index (χ1n) is 4.83. The zero-order chi connectivity index (χ0) is 10.8. The van der Waals surface area contributed by atoms with Gasteiger partial charge in [-0.2, -0.15) is 0 Å². The Kier molecular flexibility index (Phi) is 2.51. The molecule has 0 bridgehead atoms. The van der Waals surface area contributed by atoms with E-state index < -0.39 is 0 Å². The van der Waals surface area contributed by atoms with Gasteiger partial charge in [0, 0.05) is 31.8 Å². The van der Waals surface area contributed by atoms with Crippen molar-refractivity contribution in [3.63, 3.8) is 0 Å². The predicted octanol–water partition coefficient (Wildman–Crippen LogP) is 1.17. The molecule has 2 rings (SSSR count). The lowest BCUT2D eigenvalue weighted by Gasteiger charge is -2.13. The Morgan fingerprint density at radius 1 is 1.40 bits per heavy atom. The zero-order valence-electron chi connectivity index (χ0n) is 8.88. The molecule has 0 aromatic carbocycles. The fourth-order valence-corrected chi connectivity index (χ4v) is 1.65. The molecule has 0 fully saturated rings. The van der Waals surface area contributed by atoms with Crippen LogP contribution in [-0.2, 0) is 7.05 Å². The minimum atomic E-state index is -0.187. The zero-order valence-corrected chi connectivity index (χ0v) is 8.88. The first-order chi connectivity index (χ1) is 7.20. The lowest BCUT2D eigenvalue weighted by atomic mass is 10.0. The van der Waals surface area contributed by atoms with E-state index >= 15 is 0 Å². The molecule has 0 saturated heterocycles. The van der Waals surface area contributed by atoms with Crippen LogP contribution in [0.4, 0.5) is 0 Å². The number of pyridine rings is 1. The minimum absolute atomic E-state index is 0.187. The molecule has 0 aliphatic heterocycles. The molecule has 15 heavy (non-hydrogen) atoms. The van der Waals surface area contributed by atoms with Gasteiger partial charge in [-0.25, -0.2) is 4.98 Å². The Morgan fingerprint density at radius 2 is 2.20 bits per heavy atom. The third kappa shape index (κ3) is 1.76. The molecular formula is C11H14N4. The Morgan fingerprint density at radius 3 is 2.80 bits per heavy atom. The number of imidazole rings is 1. The van der Waals surface area contributed by atoms with Crippen molar-refractivity contribution in [2.24, 2.45) is 12.8 Å². The number of nitrogens with zero attached hydrogens (tertiary/aromatic N) is 3. The smallest absolute Gasteiger partial charge is 0.129 e. The van der Waals surface area contributed by atoms with Crippen LogP contribution in [0.2, 0.25) is 0 Å². The Balaban J connectivity index is 2.41. The van der Waals surface area contributed by atoms with Gasteiger partial charge in [0.2, 0.25) is 0 Å². The standard InChI is InChI=1S/C11H14N4/c1-8-7-13-4-3-9(8)10(12)11-14-5-6-15(11)2/h3-7,10H,12H2,1-2H3. The molecule has 1 atom stereocenters. The van der Waals surface area contributed by atoms with Crippen molar-refractivity contribution < 1.29 is 0 Å². The quantitative estimate of drug-likeness (QED) is 0.795. The van der Waals surface area contributed by atoms with Gasteiger partial charge < -0.3 is 10.3 Å². The summed E-state index contributed by atoms with van der Waals surface area (Å²) in [4.78, 5) is 8.30. The predicted molar refractivity (Wildman–Crippen MR) is 58.2 cm³/mol. The number of aryl methyl sites for hydroxylation is 2. The molecule has 0 aliphatic carbocycles. The fraction of sp³-hybridized carbons (Fsp3) is 0.273. The minimum Gasteiger partial charge on any atom is -0.336 e. The first kappa shape index (κ1) is 9.86. The summed E-state index contributed by atoms with van der Waals surface area (Å²) in [6.45, 7) is 2.01. The van der Waals surface area contributed by atoms with Crippen molar-refractivity contribution in [1.29, 1.82) is 0 Å². The molecule has 2 aromatic rings. The lowest BCUT2D eigenvalue weighted by Crippen LogP contribution is -2.17. The molecule has 2 aromatic heterocycles. The van der Waals surface area contributed by atoms with Crippen LogP contribution in [0.25, 0.3) is 0 Å². The normalized spacial score (nSPS) is 12.7. The summed E-state index contributed by atoms with van der Waals surface area (Å²) < 4.78 is 1.94. The molecule has 2 heterocycles. The lowest BCUT2D eigenvalue weighted by molar-refractivity contribution is 0.712. The van der Waals surface area contributed by atoms with Crippen LogP contribution >= 0.6 is 0 Å². The van der Waals surface area contributed by atoms with Crippen LogP contribution in [-0.4, -0.2) is 14.5 Å². The maximum atomic E-state index is 6.15. The second-order valence-electron chi connectivity index (χ2n) is 3.61. The topological polar surface area (TPSA) is 56.7 Å². The third-order valence-corrected chi connectivity index (χ3v) is 2.54. The number of hydrogen-bond donors (Lipinski definition) is 1. The van der Waals surface area contributed by atoms with Crippen LogP contribution in [0.3, 0.4) is 0 Å². The molecule has 0 aliphatic rings. The van der Waals surface area contributed by atoms with Crippen molar-refractivity contribution in [3.05, 3.63) is 47.8 Å². The second kappa shape index (κ2) is 3.82. The summed E-state index contributed by atoms with van der Waals surface area (Å²) >= 11 is 0. The first-order valence-corrected chi connectivity index (χ1v) is 4.83. The van der Waals surface area contributed by atoms with E-state index in [9.17, 15) is 0 Å². The Hall–Kier alpha value is -1.68. The highest BCUT2D eigenvalue weighted by atomic mass is 15.1. The molecule has 78 valence electrons. The number of nitrogens with two attached hydrogens (primary N) is 1. The SMILES string of the molecule is Cc1cnccc1C(N)c1nccn1C. The highest BCUT2D eigenvalue weighted by Gasteiger charge is 2.14. The molecule has 1 unspecified atom stereocenters. The maximum absolute atomic E-state index is 6.15. The van der Waals surface area contributed by atoms with E-state index in [1.54, 1.807) is 12.4 Å². The molecule has 0 amide bonds. The molecule has 0 saturated carbocycles. The highest BCUT2D eigenvalue weighted by molar-refractivity contribution is 5.29. The van der Waals surface area contributed by atoms with E-state index in [1.807, 2.05) is 37.0 Å². The molecule has 4 nitrogen and oxygen atoms in total. The van der Waals surface area contributed by atoms with Gasteiger partial charge in [-0.1, -0.05) is 0 Å². The highest BCUT2D eigenvalue weighted by Crippen LogP contribution is 2.19. The van der Waals surface area contributed by atoms with Crippen LogP contribution in [0.1, 0.15) is 23.0 Å².